The average Bonchev–Trinajstić information content (AvgIpc) is 3.92. The minimum absolute atomic E-state index is 0.281. The van der Waals surface area contributed by atoms with Crippen LogP contribution in [0.1, 0.15) is 72.8 Å². The van der Waals surface area contributed by atoms with Crippen LogP contribution in [0.4, 0.5) is 16.8 Å². The van der Waals surface area contributed by atoms with Gasteiger partial charge in [0.25, 0.3) is 0 Å². The van der Waals surface area contributed by atoms with Gasteiger partial charge < -0.3 is 14.4 Å². The molecule has 4 aromatic heterocycles. The smallest absolute Gasteiger partial charge is 0.358 e. The zero-order valence-corrected chi connectivity index (χ0v) is 35.6. The van der Waals surface area contributed by atoms with Gasteiger partial charge in [-0.25, -0.2) is 9.78 Å². The van der Waals surface area contributed by atoms with Gasteiger partial charge in [0, 0.05) is 50.2 Å². The van der Waals surface area contributed by atoms with E-state index in [1.54, 1.807) is 11.3 Å². The summed E-state index contributed by atoms with van der Waals surface area (Å²) in [6.07, 6.45) is 11.0. The highest BCUT2D eigenvalue weighted by Gasteiger charge is 2.51. The summed E-state index contributed by atoms with van der Waals surface area (Å²) in [4.78, 5) is 27.2. The van der Waals surface area contributed by atoms with Crippen LogP contribution in [0, 0.1) is 37.0 Å². The van der Waals surface area contributed by atoms with E-state index in [0.29, 0.717) is 35.3 Å². The normalized spacial score (nSPS) is 23.3. The zero-order valence-electron chi connectivity index (χ0n) is 32.9. The molecular weight excluding hydrogens is 745 g/mol. The molecule has 11 nitrogen and oxygen atoms in total. The molecule has 5 heterocycles. The molecule has 4 bridgehead atoms. The number of hydrogen-bond donors (Lipinski definition) is 0. The van der Waals surface area contributed by atoms with Crippen molar-refractivity contribution in [1.82, 2.24) is 29.5 Å². The van der Waals surface area contributed by atoms with Gasteiger partial charge in [-0.3, -0.25) is 9.25 Å². The number of ether oxygens (including phenoxy) is 2. The highest BCUT2D eigenvalue weighted by Crippen LogP contribution is 2.60. The maximum absolute atomic E-state index is 13.4. The first-order valence-corrected chi connectivity index (χ1v) is 25.4. The number of benzene rings is 1. The van der Waals surface area contributed by atoms with Gasteiger partial charge in [0.1, 0.15) is 6.73 Å². The molecule has 0 radical (unpaired) electrons. The van der Waals surface area contributed by atoms with E-state index in [1.165, 1.54) is 49.9 Å². The number of anilines is 2. The number of thiazole rings is 2. The van der Waals surface area contributed by atoms with Crippen LogP contribution in [-0.2, 0) is 29.2 Å². The second-order valence-electron chi connectivity index (χ2n) is 17.7. The standard InChI is InChI=1S/C41H52N8O3S2Si/c1-7-52-38(50)34-35(31-22-42-49(26(31)3)23-41-19-27-16-28(20-41)18-29(17-27)21-41)54-39(43-34)47-13-12-30-25(2)36(45-46-37(30)47)44-40-48(24-51-14-15-55(4,5)6)32-10-8-9-11-33(32)53-40/h8-11,22,27-29H,7,12-21,23-24H2,1-6H3/b44-40-. The predicted molar refractivity (Wildman–Crippen MR) is 221 cm³/mol. The molecule has 10 rings (SSSR count). The third-order valence-electron chi connectivity index (χ3n) is 12.5. The fraction of sp³-hybridized carbons (Fsp3) is 0.561. The molecule has 290 valence electrons. The number of hydrogen-bond acceptors (Lipinski definition) is 11. The second kappa shape index (κ2) is 14.3. The lowest BCUT2D eigenvalue weighted by atomic mass is 9.49. The van der Waals surface area contributed by atoms with Crippen LogP contribution < -0.4 is 9.70 Å². The maximum atomic E-state index is 13.4. The van der Waals surface area contributed by atoms with E-state index < -0.39 is 14.0 Å². The molecule has 5 aromatic rings. The SMILES string of the molecule is CCOC(=O)c1nc(N2CCc3c2nnc(/N=c2\sc4ccccc4n2COCC[Si](C)(C)C)c3C)sc1-c1cnn(CC23CC4CC(CC(C4)C2)C3)c1C. The minimum Gasteiger partial charge on any atom is -0.461 e. The van der Waals surface area contributed by atoms with Crippen molar-refractivity contribution in [2.45, 2.75) is 105 Å². The molecule has 55 heavy (non-hydrogen) atoms. The van der Waals surface area contributed by atoms with E-state index in [2.05, 4.69) is 71.9 Å². The summed E-state index contributed by atoms with van der Waals surface area (Å²) in [5, 5.41) is 15.1. The van der Waals surface area contributed by atoms with Crippen LogP contribution in [0.2, 0.25) is 25.7 Å². The van der Waals surface area contributed by atoms with Crippen molar-refractivity contribution in [3.63, 3.8) is 0 Å². The van der Waals surface area contributed by atoms with Crippen LogP contribution in [0.3, 0.4) is 0 Å². The average molecular weight is 797 g/mol. The van der Waals surface area contributed by atoms with Gasteiger partial charge in [-0.05, 0) is 107 Å². The minimum atomic E-state index is -1.21. The van der Waals surface area contributed by atoms with Crippen LogP contribution in [0.15, 0.2) is 35.5 Å². The molecule has 0 saturated heterocycles. The monoisotopic (exact) mass is 796 g/mol. The Bertz CT molecular complexity index is 2300. The Labute approximate surface area is 331 Å². The summed E-state index contributed by atoms with van der Waals surface area (Å²) < 4.78 is 17.3. The van der Waals surface area contributed by atoms with Crippen molar-refractivity contribution >= 4 is 63.7 Å². The number of nitrogens with zero attached hydrogens (tertiary/aromatic N) is 8. The molecule has 1 aliphatic heterocycles. The van der Waals surface area contributed by atoms with E-state index in [0.717, 1.165) is 91.5 Å². The number of aromatic nitrogens is 6. The Morgan fingerprint density at radius 2 is 1.78 bits per heavy atom. The van der Waals surface area contributed by atoms with Gasteiger partial charge >= 0.3 is 5.97 Å². The van der Waals surface area contributed by atoms with E-state index in [1.807, 2.05) is 13.1 Å². The fourth-order valence-corrected chi connectivity index (χ4v) is 13.0. The first-order valence-electron chi connectivity index (χ1n) is 20.0. The number of esters is 1. The molecular formula is C41H52N8O3S2Si. The van der Waals surface area contributed by atoms with Gasteiger partial charge in [0.2, 0.25) is 0 Å². The summed E-state index contributed by atoms with van der Waals surface area (Å²) in [7, 11) is -1.21. The first-order chi connectivity index (χ1) is 26.5. The van der Waals surface area contributed by atoms with E-state index in [-0.39, 0.29) is 6.61 Å². The zero-order chi connectivity index (χ0) is 38.1. The molecule has 0 unspecified atom stereocenters. The Hall–Kier alpha value is -3.72. The number of fused-ring (bicyclic) bond motifs is 2. The van der Waals surface area contributed by atoms with Crippen LogP contribution in [0.5, 0.6) is 0 Å². The highest BCUT2D eigenvalue weighted by atomic mass is 32.1. The number of para-hydroxylation sites is 1. The quantitative estimate of drug-likeness (QED) is 0.0699. The van der Waals surface area contributed by atoms with Crippen molar-refractivity contribution in [3.05, 3.63) is 57.8 Å². The van der Waals surface area contributed by atoms with Crippen LogP contribution >= 0.6 is 22.7 Å². The molecule has 4 aliphatic carbocycles. The van der Waals surface area contributed by atoms with Crippen LogP contribution in [-0.4, -0.2) is 63.3 Å². The second-order valence-corrected chi connectivity index (χ2v) is 25.3. The lowest BCUT2D eigenvalue weighted by Crippen LogP contribution is -2.48. The molecule has 4 saturated carbocycles. The molecule has 1 aromatic carbocycles. The maximum Gasteiger partial charge on any atom is 0.358 e. The van der Waals surface area contributed by atoms with Crippen molar-refractivity contribution in [1.29, 1.82) is 0 Å². The van der Waals surface area contributed by atoms with Crippen molar-refractivity contribution < 1.29 is 14.3 Å². The van der Waals surface area contributed by atoms with E-state index in [4.69, 9.17) is 34.7 Å². The summed E-state index contributed by atoms with van der Waals surface area (Å²) in [5.41, 5.74) is 5.93. The number of carbonyl (C=O) groups is 1. The summed E-state index contributed by atoms with van der Waals surface area (Å²) in [6, 6.07) is 9.47. The van der Waals surface area contributed by atoms with Crippen molar-refractivity contribution in [2.75, 3.05) is 24.7 Å². The van der Waals surface area contributed by atoms with Gasteiger partial charge in [-0.1, -0.05) is 54.4 Å². The van der Waals surface area contributed by atoms with E-state index in [9.17, 15) is 4.79 Å². The highest BCUT2D eigenvalue weighted by molar-refractivity contribution is 7.19. The molecule has 14 heteroatoms. The van der Waals surface area contributed by atoms with Crippen molar-refractivity contribution in [2.24, 2.45) is 28.2 Å². The van der Waals surface area contributed by atoms with Gasteiger partial charge in [0.05, 0.1) is 27.9 Å². The fourth-order valence-electron chi connectivity index (χ4n) is 10.1. The third kappa shape index (κ3) is 7.01. The Kier molecular flexibility index (Phi) is 9.62. The summed E-state index contributed by atoms with van der Waals surface area (Å²) in [6.45, 7) is 16.3. The molecule has 0 amide bonds. The first kappa shape index (κ1) is 36.9. The van der Waals surface area contributed by atoms with Gasteiger partial charge in [0.15, 0.2) is 27.3 Å². The van der Waals surface area contributed by atoms with Gasteiger partial charge in [-0.2, -0.15) is 10.1 Å². The molecule has 0 atom stereocenters. The topological polar surface area (TPSA) is 113 Å². The molecule has 0 N–H and O–H groups in total. The number of rotatable bonds is 12. The molecule has 5 aliphatic rings. The Balaban J connectivity index is 1.01. The lowest BCUT2D eigenvalue weighted by Gasteiger charge is -2.56. The predicted octanol–water partition coefficient (Wildman–Crippen LogP) is 9.06. The Morgan fingerprint density at radius 1 is 1.04 bits per heavy atom. The lowest BCUT2D eigenvalue weighted by molar-refractivity contribution is -0.0638. The molecule has 0 spiro atoms. The van der Waals surface area contributed by atoms with Crippen molar-refractivity contribution in [3.8, 4) is 10.4 Å². The Morgan fingerprint density at radius 3 is 2.51 bits per heavy atom. The summed E-state index contributed by atoms with van der Waals surface area (Å²) in [5.74, 6) is 3.62. The van der Waals surface area contributed by atoms with E-state index >= 15 is 0 Å². The summed E-state index contributed by atoms with van der Waals surface area (Å²) >= 11 is 3.15. The third-order valence-corrected chi connectivity index (χ3v) is 16.3. The molecule has 4 fully saturated rings. The largest absolute Gasteiger partial charge is 0.461 e. The van der Waals surface area contributed by atoms with Crippen LogP contribution in [0.25, 0.3) is 20.7 Å². The number of carbonyl (C=O) groups excluding carboxylic acids is 1. The van der Waals surface area contributed by atoms with Gasteiger partial charge in [-0.15, -0.1) is 10.2 Å².